The molecule has 1 aliphatic carbocycles. The molecule has 4 aromatic rings. The quantitative estimate of drug-likeness (QED) is 0.148. The summed E-state index contributed by atoms with van der Waals surface area (Å²) in [5, 5.41) is 4.83. The summed E-state index contributed by atoms with van der Waals surface area (Å²) in [6.45, 7) is 0.228. The lowest BCUT2D eigenvalue weighted by Gasteiger charge is -2.15. The molecule has 1 aliphatic rings. The Hall–Kier alpha value is -2.59. The number of thiophene rings is 1. The van der Waals surface area contributed by atoms with Crippen LogP contribution in [0.15, 0.2) is 65.7 Å². The summed E-state index contributed by atoms with van der Waals surface area (Å²) in [7, 11) is 1.60. The molecule has 1 N–H and O–H groups in total. The number of nitrogens with zero attached hydrogens (tertiary/aromatic N) is 1. The fraction of sp³-hybridized carbons (Fsp3) is 0.200. The zero-order valence-electron chi connectivity index (χ0n) is 21.1. The van der Waals surface area contributed by atoms with E-state index in [-0.39, 0.29) is 12.5 Å². The highest BCUT2D eigenvalue weighted by Gasteiger charge is 2.25. The molecule has 1 heterocycles. The van der Waals surface area contributed by atoms with Crippen molar-refractivity contribution in [3.05, 3.63) is 101 Å². The number of anilines is 1. The third-order valence-corrected chi connectivity index (χ3v) is 8.80. The number of aliphatic imine (C=N–C) groups is 1. The van der Waals surface area contributed by atoms with Crippen LogP contribution in [-0.4, -0.2) is 19.2 Å². The van der Waals surface area contributed by atoms with Gasteiger partial charge in [0.25, 0.3) is 5.91 Å². The van der Waals surface area contributed by atoms with Crippen LogP contribution in [0.5, 0.6) is 11.5 Å². The Labute approximate surface area is 255 Å². The molecule has 1 amide bonds. The van der Waals surface area contributed by atoms with Crippen molar-refractivity contribution < 1.29 is 14.3 Å². The largest absolute Gasteiger partial charge is 0.493 e. The van der Waals surface area contributed by atoms with Gasteiger partial charge in [-0.05, 0) is 90.2 Å². The molecule has 9 heteroatoms. The fourth-order valence-corrected chi connectivity index (χ4v) is 6.81. The molecule has 3 aromatic carbocycles. The second-order valence-electron chi connectivity index (χ2n) is 9.02. The maximum absolute atomic E-state index is 13.5. The smallest absolute Gasteiger partial charge is 0.259 e. The van der Waals surface area contributed by atoms with Crippen molar-refractivity contribution in [1.29, 1.82) is 0 Å². The van der Waals surface area contributed by atoms with Crippen molar-refractivity contribution in [2.75, 3.05) is 12.4 Å². The van der Waals surface area contributed by atoms with Crippen LogP contribution in [0, 0.1) is 3.57 Å². The second kappa shape index (κ2) is 12.7. The molecule has 0 radical (unpaired) electrons. The molecule has 0 aliphatic heterocycles. The minimum Gasteiger partial charge on any atom is -0.493 e. The summed E-state index contributed by atoms with van der Waals surface area (Å²) >= 11 is 16.3. The summed E-state index contributed by atoms with van der Waals surface area (Å²) < 4.78 is 12.8. The summed E-state index contributed by atoms with van der Waals surface area (Å²) in [6.07, 6.45) is 5.79. The van der Waals surface area contributed by atoms with Crippen molar-refractivity contribution in [3.63, 3.8) is 0 Å². The number of hydrogen-bond acceptors (Lipinski definition) is 5. The average molecular weight is 691 g/mol. The summed E-state index contributed by atoms with van der Waals surface area (Å²) in [6, 6.07) is 18.7. The number of amides is 1. The number of methoxy groups -OCH3 is 1. The first-order valence-corrected chi connectivity index (χ1v) is 15.1. The number of hydrogen-bond donors (Lipinski definition) is 1. The SMILES string of the molecule is COc1cc(I)cc(C=Nc2sc3c(c2C(=O)Nc2ccccc2)CCCC3)c1OCc1ccc(Cl)cc1Cl. The van der Waals surface area contributed by atoms with Gasteiger partial charge < -0.3 is 14.8 Å². The minimum atomic E-state index is -0.137. The number of fused-ring (bicyclic) bond motifs is 1. The van der Waals surface area contributed by atoms with Crippen LogP contribution >= 0.6 is 57.1 Å². The van der Waals surface area contributed by atoms with Crippen molar-refractivity contribution in [1.82, 2.24) is 0 Å². The third kappa shape index (κ3) is 6.60. The zero-order valence-corrected chi connectivity index (χ0v) is 25.6. The topological polar surface area (TPSA) is 59.9 Å². The van der Waals surface area contributed by atoms with E-state index in [0.29, 0.717) is 32.1 Å². The van der Waals surface area contributed by atoms with Crippen LogP contribution in [0.3, 0.4) is 0 Å². The Kier molecular flexibility index (Phi) is 9.12. The number of halogens is 3. The van der Waals surface area contributed by atoms with Crippen molar-refractivity contribution in [3.8, 4) is 11.5 Å². The van der Waals surface area contributed by atoms with Crippen LogP contribution in [0.1, 0.15) is 44.8 Å². The van der Waals surface area contributed by atoms with Crippen LogP contribution in [0.4, 0.5) is 10.7 Å². The molecule has 0 fully saturated rings. The van der Waals surface area contributed by atoms with Crippen LogP contribution in [0.2, 0.25) is 10.0 Å². The van der Waals surface area contributed by atoms with Gasteiger partial charge in [-0.3, -0.25) is 4.79 Å². The predicted octanol–water partition coefficient (Wildman–Crippen LogP) is 9.13. The molecule has 0 bridgehead atoms. The first-order chi connectivity index (χ1) is 18.9. The van der Waals surface area contributed by atoms with Gasteiger partial charge in [-0.25, -0.2) is 4.99 Å². The number of nitrogens with one attached hydrogen (secondary N) is 1. The van der Waals surface area contributed by atoms with Gasteiger partial charge in [0.1, 0.15) is 11.6 Å². The average Bonchev–Trinajstić information content (AvgIpc) is 3.31. The van der Waals surface area contributed by atoms with Gasteiger partial charge in [-0.1, -0.05) is 47.5 Å². The number of para-hydroxylation sites is 1. The Morgan fingerprint density at radius 3 is 2.67 bits per heavy atom. The van der Waals surface area contributed by atoms with Crippen LogP contribution < -0.4 is 14.8 Å². The van der Waals surface area contributed by atoms with E-state index in [4.69, 9.17) is 37.7 Å². The zero-order chi connectivity index (χ0) is 27.4. The van der Waals surface area contributed by atoms with E-state index in [2.05, 4.69) is 27.9 Å². The highest BCUT2D eigenvalue weighted by molar-refractivity contribution is 14.1. The van der Waals surface area contributed by atoms with Gasteiger partial charge in [0.05, 0.1) is 12.7 Å². The van der Waals surface area contributed by atoms with E-state index in [1.54, 1.807) is 36.8 Å². The number of ether oxygens (including phenoxy) is 2. The molecule has 5 nitrogen and oxygen atoms in total. The first-order valence-electron chi connectivity index (χ1n) is 12.4. The molecule has 0 atom stereocenters. The van der Waals surface area contributed by atoms with Gasteiger partial charge in [0.2, 0.25) is 0 Å². The Morgan fingerprint density at radius 1 is 1.10 bits per heavy atom. The van der Waals surface area contributed by atoms with E-state index >= 15 is 0 Å². The highest BCUT2D eigenvalue weighted by atomic mass is 127. The van der Waals surface area contributed by atoms with Gasteiger partial charge in [0.15, 0.2) is 11.5 Å². The van der Waals surface area contributed by atoms with E-state index in [1.807, 2.05) is 48.5 Å². The number of carbonyl (C=O) groups excluding carboxylic acids is 1. The molecule has 39 heavy (non-hydrogen) atoms. The van der Waals surface area contributed by atoms with Gasteiger partial charge in [-0.2, -0.15) is 0 Å². The lowest BCUT2D eigenvalue weighted by atomic mass is 9.95. The van der Waals surface area contributed by atoms with E-state index in [0.717, 1.165) is 51.6 Å². The van der Waals surface area contributed by atoms with Crippen molar-refractivity contribution >= 4 is 79.9 Å². The molecule has 1 aromatic heterocycles. The summed E-state index contributed by atoms with van der Waals surface area (Å²) in [5.74, 6) is 0.993. The van der Waals surface area contributed by atoms with Gasteiger partial charge in [-0.15, -0.1) is 11.3 Å². The minimum absolute atomic E-state index is 0.137. The monoisotopic (exact) mass is 690 g/mol. The van der Waals surface area contributed by atoms with E-state index in [9.17, 15) is 4.79 Å². The number of carbonyl (C=O) groups is 1. The number of benzene rings is 3. The standard InChI is InChI=1S/C30H25Cl2IN2O3S/c1-37-25-15-21(33)13-19(28(25)38-17-18-11-12-20(31)14-24(18)32)16-34-30-27(23-9-5-6-10-26(23)39-30)29(36)35-22-7-3-2-4-8-22/h2-4,7-8,11-16H,5-6,9-10,17H2,1H3,(H,35,36). The van der Waals surface area contributed by atoms with Crippen molar-refractivity contribution in [2.24, 2.45) is 4.99 Å². The Morgan fingerprint density at radius 2 is 1.90 bits per heavy atom. The summed E-state index contributed by atoms with van der Waals surface area (Å²) in [4.78, 5) is 19.6. The molecule has 0 unspecified atom stereocenters. The lowest BCUT2D eigenvalue weighted by Crippen LogP contribution is -2.14. The highest BCUT2D eigenvalue weighted by Crippen LogP contribution is 2.41. The van der Waals surface area contributed by atoms with Crippen molar-refractivity contribution in [2.45, 2.75) is 32.3 Å². The molecule has 0 saturated carbocycles. The number of rotatable bonds is 8. The normalized spacial score (nSPS) is 12.8. The number of aryl methyl sites for hydroxylation is 1. The lowest BCUT2D eigenvalue weighted by molar-refractivity contribution is 0.102. The molecule has 5 rings (SSSR count). The molecule has 200 valence electrons. The second-order valence-corrected chi connectivity index (χ2v) is 12.2. The molecular weight excluding hydrogens is 666 g/mol. The molecule has 0 spiro atoms. The Bertz CT molecular complexity index is 1540. The summed E-state index contributed by atoms with van der Waals surface area (Å²) in [5.41, 5.74) is 4.07. The molecular formula is C30H25Cl2IN2O3S. The van der Waals surface area contributed by atoms with Crippen LogP contribution in [0.25, 0.3) is 0 Å². The van der Waals surface area contributed by atoms with Crippen LogP contribution in [-0.2, 0) is 19.4 Å². The van der Waals surface area contributed by atoms with Gasteiger partial charge in [0, 0.05) is 41.5 Å². The van der Waals surface area contributed by atoms with E-state index < -0.39 is 0 Å². The molecule has 0 saturated heterocycles. The van der Waals surface area contributed by atoms with Gasteiger partial charge >= 0.3 is 0 Å². The first kappa shape index (κ1) is 28.0. The maximum Gasteiger partial charge on any atom is 0.259 e. The Balaban J connectivity index is 1.49. The fourth-order valence-electron chi connectivity index (χ4n) is 4.50. The predicted molar refractivity (Wildman–Crippen MR) is 169 cm³/mol. The van der Waals surface area contributed by atoms with E-state index in [1.165, 1.54) is 4.88 Å². The maximum atomic E-state index is 13.5. The third-order valence-electron chi connectivity index (χ3n) is 6.39.